The van der Waals surface area contributed by atoms with Crippen LogP contribution in [0.4, 0.5) is 0 Å². The number of fused-ring (bicyclic) bond motifs is 1. The second-order valence-electron chi connectivity index (χ2n) is 4.35. The van der Waals surface area contributed by atoms with Gasteiger partial charge in [0.15, 0.2) is 5.78 Å². The number of benzene rings is 1. The van der Waals surface area contributed by atoms with Gasteiger partial charge in [0, 0.05) is 6.42 Å². The van der Waals surface area contributed by atoms with E-state index in [0.717, 1.165) is 12.8 Å². The van der Waals surface area contributed by atoms with E-state index in [-0.39, 0.29) is 5.78 Å². The van der Waals surface area contributed by atoms with Gasteiger partial charge in [-0.15, -0.1) is 0 Å². The first-order chi connectivity index (χ1) is 7.81. The van der Waals surface area contributed by atoms with Crippen LogP contribution in [0.15, 0.2) is 30.3 Å². The molecule has 0 saturated carbocycles. The minimum Gasteiger partial charge on any atom is -0.295 e. The zero-order valence-electron chi connectivity index (χ0n) is 9.83. The summed E-state index contributed by atoms with van der Waals surface area (Å²) in [6.07, 6.45) is 7.07. The fourth-order valence-corrected chi connectivity index (χ4v) is 2.26. The molecule has 84 valence electrons. The molecule has 1 heteroatoms. The Morgan fingerprint density at radius 2 is 2.00 bits per heavy atom. The molecule has 1 aliphatic rings. The Kier molecular flexibility index (Phi) is 3.55. The lowest BCUT2D eigenvalue weighted by Gasteiger charge is -2.07. The van der Waals surface area contributed by atoms with E-state index < -0.39 is 0 Å². The Hall–Kier alpha value is -1.37. The summed E-state index contributed by atoms with van der Waals surface area (Å²) in [5, 5.41) is 0. The molecule has 16 heavy (non-hydrogen) atoms. The Morgan fingerprint density at radius 3 is 2.81 bits per heavy atom. The lowest BCUT2D eigenvalue weighted by atomic mass is 9.97. The van der Waals surface area contributed by atoms with Gasteiger partial charge in [0.1, 0.15) is 0 Å². The third-order valence-electron chi connectivity index (χ3n) is 3.19. The highest BCUT2D eigenvalue weighted by Gasteiger charge is 2.12. The Bertz CT molecular complexity index is 415. The van der Waals surface area contributed by atoms with E-state index in [9.17, 15) is 4.79 Å². The van der Waals surface area contributed by atoms with Gasteiger partial charge in [-0.25, -0.2) is 0 Å². The summed E-state index contributed by atoms with van der Waals surface area (Å²) >= 11 is 0. The van der Waals surface area contributed by atoms with Crippen LogP contribution in [0.5, 0.6) is 0 Å². The first-order valence-corrected chi connectivity index (χ1v) is 6.13. The van der Waals surface area contributed by atoms with Crippen molar-refractivity contribution in [3.05, 3.63) is 41.5 Å². The van der Waals surface area contributed by atoms with Gasteiger partial charge < -0.3 is 0 Å². The largest absolute Gasteiger partial charge is 0.295 e. The summed E-state index contributed by atoms with van der Waals surface area (Å²) in [6.45, 7) is 1.92. The number of aryl methyl sites for hydroxylation is 1. The van der Waals surface area contributed by atoms with E-state index >= 15 is 0 Å². The zero-order valence-corrected chi connectivity index (χ0v) is 9.83. The maximum Gasteiger partial charge on any atom is 0.155 e. The van der Waals surface area contributed by atoms with Crippen LogP contribution < -0.4 is 0 Å². The molecular weight excluding hydrogens is 196 g/mol. The van der Waals surface area contributed by atoms with Gasteiger partial charge in [0.2, 0.25) is 0 Å². The van der Waals surface area contributed by atoms with Crippen molar-refractivity contribution in [3.63, 3.8) is 0 Å². The standard InChI is InChI=1S/C15H18O/c1-2-14(16)11-13-9-4-3-7-12-8-5-6-10-15(12)13/h5-6,8,10-11H,2-4,7,9H2,1H3/b13-11+. The zero-order chi connectivity index (χ0) is 11.4. The van der Waals surface area contributed by atoms with E-state index in [1.807, 2.05) is 13.0 Å². The molecule has 1 aliphatic carbocycles. The van der Waals surface area contributed by atoms with Crippen molar-refractivity contribution >= 4 is 11.4 Å². The fourth-order valence-electron chi connectivity index (χ4n) is 2.26. The van der Waals surface area contributed by atoms with E-state index in [1.54, 1.807) is 0 Å². The van der Waals surface area contributed by atoms with Crippen LogP contribution in [-0.2, 0) is 11.2 Å². The Morgan fingerprint density at radius 1 is 1.25 bits per heavy atom. The molecule has 0 amide bonds. The van der Waals surface area contributed by atoms with Crippen LogP contribution in [0.25, 0.3) is 5.57 Å². The average molecular weight is 214 g/mol. The predicted octanol–water partition coefficient (Wildman–Crippen LogP) is 3.78. The second kappa shape index (κ2) is 5.11. The average Bonchev–Trinajstić information content (AvgIpc) is 2.52. The van der Waals surface area contributed by atoms with Crippen LogP contribution >= 0.6 is 0 Å². The minimum absolute atomic E-state index is 0.242. The quantitative estimate of drug-likeness (QED) is 0.541. The predicted molar refractivity (Wildman–Crippen MR) is 67.3 cm³/mol. The molecule has 0 bridgehead atoms. The molecular formula is C15H18O. The van der Waals surface area contributed by atoms with E-state index in [0.29, 0.717) is 6.42 Å². The molecule has 0 N–H and O–H groups in total. The maximum atomic E-state index is 11.5. The highest BCUT2D eigenvalue weighted by Crippen LogP contribution is 2.29. The van der Waals surface area contributed by atoms with Gasteiger partial charge in [-0.1, -0.05) is 31.2 Å². The topological polar surface area (TPSA) is 17.1 Å². The van der Waals surface area contributed by atoms with Gasteiger partial charge >= 0.3 is 0 Å². The van der Waals surface area contributed by atoms with Crippen molar-refractivity contribution in [1.29, 1.82) is 0 Å². The number of hydrogen-bond acceptors (Lipinski definition) is 1. The van der Waals surface area contributed by atoms with Gasteiger partial charge in [-0.3, -0.25) is 4.79 Å². The first-order valence-electron chi connectivity index (χ1n) is 6.13. The number of ketones is 1. The van der Waals surface area contributed by atoms with Gasteiger partial charge in [0.05, 0.1) is 0 Å². The van der Waals surface area contributed by atoms with Crippen molar-refractivity contribution in [2.75, 3.05) is 0 Å². The van der Waals surface area contributed by atoms with Crippen molar-refractivity contribution in [3.8, 4) is 0 Å². The molecule has 0 radical (unpaired) electrons. The highest BCUT2D eigenvalue weighted by atomic mass is 16.1. The van der Waals surface area contributed by atoms with Crippen LogP contribution in [-0.4, -0.2) is 5.78 Å². The number of hydrogen-bond donors (Lipinski definition) is 0. The maximum absolute atomic E-state index is 11.5. The van der Waals surface area contributed by atoms with Crippen LogP contribution in [0, 0.1) is 0 Å². The molecule has 1 aromatic rings. The summed E-state index contributed by atoms with van der Waals surface area (Å²) in [5.41, 5.74) is 3.93. The highest BCUT2D eigenvalue weighted by molar-refractivity contribution is 5.96. The molecule has 0 unspecified atom stereocenters. The van der Waals surface area contributed by atoms with Crippen molar-refractivity contribution < 1.29 is 4.79 Å². The van der Waals surface area contributed by atoms with Gasteiger partial charge in [-0.05, 0) is 48.5 Å². The Balaban J connectivity index is 2.40. The minimum atomic E-state index is 0.242. The molecule has 0 atom stereocenters. The number of carbonyl (C=O) groups is 1. The van der Waals surface area contributed by atoms with E-state index in [4.69, 9.17) is 0 Å². The molecule has 2 rings (SSSR count). The molecule has 0 heterocycles. The van der Waals surface area contributed by atoms with E-state index in [2.05, 4.69) is 24.3 Å². The summed E-state index contributed by atoms with van der Waals surface area (Å²) in [6, 6.07) is 8.48. The van der Waals surface area contributed by atoms with Crippen molar-refractivity contribution in [2.45, 2.75) is 39.0 Å². The number of allylic oxidation sites excluding steroid dienone is 2. The fraction of sp³-hybridized carbons (Fsp3) is 0.400. The lowest BCUT2D eigenvalue weighted by molar-refractivity contribution is -0.114. The first kappa shape index (κ1) is 11.1. The van der Waals surface area contributed by atoms with Gasteiger partial charge in [0.25, 0.3) is 0 Å². The molecule has 1 nitrogen and oxygen atoms in total. The molecule has 0 aliphatic heterocycles. The molecule has 0 fully saturated rings. The van der Waals surface area contributed by atoms with Crippen LogP contribution in [0.1, 0.15) is 43.7 Å². The Labute approximate surface area is 97.2 Å². The monoisotopic (exact) mass is 214 g/mol. The van der Waals surface area contributed by atoms with E-state index in [1.165, 1.54) is 29.5 Å². The third-order valence-corrected chi connectivity index (χ3v) is 3.19. The number of rotatable bonds is 2. The number of carbonyl (C=O) groups excluding carboxylic acids is 1. The molecule has 0 saturated heterocycles. The molecule has 1 aromatic carbocycles. The van der Waals surface area contributed by atoms with Crippen LogP contribution in [0.3, 0.4) is 0 Å². The van der Waals surface area contributed by atoms with Crippen molar-refractivity contribution in [1.82, 2.24) is 0 Å². The summed E-state index contributed by atoms with van der Waals surface area (Å²) in [4.78, 5) is 11.5. The lowest BCUT2D eigenvalue weighted by Crippen LogP contribution is -1.94. The van der Waals surface area contributed by atoms with Crippen molar-refractivity contribution in [2.24, 2.45) is 0 Å². The normalized spacial score (nSPS) is 17.9. The summed E-state index contributed by atoms with van der Waals surface area (Å²) in [7, 11) is 0. The smallest absolute Gasteiger partial charge is 0.155 e. The molecule has 0 aromatic heterocycles. The third kappa shape index (κ3) is 2.41. The van der Waals surface area contributed by atoms with Crippen LogP contribution in [0.2, 0.25) is 0 Å². The summed E-state index contributed by atoms with van der Waals surface area (Å²) < 4.78 is 0. The summed E-state index contributed by atoms with van der Waals surface area (Å²) in [5.74, 6) is 0.242. The van der Waals surface area contributed by atoms with Gasteiger partial charge in [-0.2, -0.15) is 0 Å². The SMILES string of the molecule is CCC(=O)/C=C1\CCCCc2ccccc21. The second-order valence-corrected chi connectivity index (χ2v) is 4.35. The molecule has 0 spiro atoms.